The standard InChI is InChI=1S/C5H12O.C3H6O/c1-5(2,3)6-4;1-2-3-4/h1-4H3;3H,2H2,1H3. The van der Waals surface area contributed by atoms with Crippen molar-refractivity contribution in [2.75, 3.05) is 7.11 Å². The molecule has 62 valence electrons. The number of hydrogen-bond acceptors (Lipinski definition) is 2. The van der Waals surface area contributed by atoms with Gasteiger partial charge in [-0.2, -0.15) is 0 Å². The molecule has 0 amide bonds. The van der Waals surface area contributed by atoms with Crippen LogP contribution in [0.25, 0.3) is 0 Å². The summed E-state index contributed by atoms with van der Waals surface area (Å²) >= 11 is 0. The Bertz CT molecular complexity index is 71.8. The average Bonchev–Trinajstić information content (AvgIpc) is 1.87. The van der Waals surface area contributed by atoms with E-state index in [-0.39, 0.29) is 5.60 Å². The second-order valence-electron chi connectivity index (χ2n) is 2.89. The Hall–Kier alpha value is -0.370. The third-order valence-corrected chi connectivity index (χ3v) is 0.779. The molecule has 0 aromatic carbocycles. The molecule has 0 aliphatic rings. The van der Waals surface area contributed by atoms with Crippen LogP contribution in [0, 0.1) is 0 Å². The molecule has 0 aliphatic heterocycles. The fraction of sp³-hybridized carbons (Fsp3) is 0.875. The summed E-state index contributed by atoms with van der Waals surface area (Å²) in [5.74, 6) is 0. The van der Waals surface area contributed by atoms with Gasteiger partial charge in [-0.1, -0.05) is 6.92 Å². The molecule has 0 fully saturated rings. The van der Waals surface area contributed by atoms with Crippen LogP contribution in [-0.2, 0) is 9.53 Å². The Morgan fingerprint density at radius 2 is 1.60 bits per heavy atom. The van der Waals surface area contributed by atoms with Crippen molar-refractivity contribution in [3.05, 3.63) is 0 Å². The van der Waals surface area contributed by atoms with Crippen molar-refractivity contribution in [2.45, 2.75) is 39.7 Å². The molecule has 0 saturated heterocycles. The van der Waals surface area contributed by atoms with Gasteiger partial charge in [0.25, 0.3) is 0 Å². The lowest BCUT2D eigenvalue weighted by atomic mass is 10.2. The highest BCUT2D eigenvalue weighted by molar-refractivity contribution is 5.48. The lowest BCUT2D eigenvalue weighted by molar-refractivity contribution is -0.107. The minimum Gasteiger partial charge on any atom is -0.379 e. The van der Waals surface area contributed by atoms with E-state index < -0.39 is 0 Å². The first-order valence-corrected chi connectivity index (χ1v) is 3.46. The lowest BCUT2D eigenvalue weighted by Gasteiger charge is -2.14. The highest BCUT2D eigenvalue weighted by Crippen LogP contribution is 2.02. The van der Waals surface area contributed by atoms with Crippen molar-refractivity contribution < 1.29 is 9.53 Å². The molecular weight excluding hydrogens is 128 g/mol. The maximum Gasteiger partial charge on any atom is 0.119 e. The van der Waals surface area contributed by atoms with Crippen LogP contribution in [0.3, 0.4) is 0 Å². The van der Waals surface area contributed by atoms with Crippen molar-refractivity contribution in [3.8, 4) is 0 Å². The van der Waals surface area contributed by atoms with E-state index in [1.54, 1.807) is 7.11 Å². The number of ether oxygens (including phenoxy) is 1. The highest BCUT2D eigenvalue weighted by atomic mass is 16.5. The van der Waals surface area contributed by atoms with Gasteiger partial charge < -0.3 is 9.53 Å². The summed E-state index contributed by atoms with van der Waals surface area (Å²) in [7, 11) is 1.71. The molecule has 0 unspecified atom stereocenters. The van der Waals surface area contributed by atoms with Crippen LogP contribution in [0.1, 0.15) is 34.1 Å². The number of hydrogen-bond donors (Lipinski definition) is 0. The molecule has 0 heterocycles. The Morgan fingerprint density at radius 1 is 1.40 bits per heavy atom. The van der Waals surface area contributed by atoms with Gasteiger partial charge in [0.2, 0.25) is 0 Å². The zero-order valence-electron chi connectivity index (χ0n) is 7.60. The molecule has 0 atom stereocenters. The number of aldehydes is 1. The van der Waals surface area contributed by atoms with Gasteiger partial charge in [-0.15, -0.1) is 0 Å². The third-order valence-electron chi connectivity index (χ3n) is 0.779. The molecule has 0 saturated carbocycles. The van der Waals surface area contributed by atoms with Gasteiger partial charge in [0.05, 0.1) is 5.60 Å². The summed E-state index contributed by atoms with van der Waals surface area (Å²) in [6, 6.07) is 0. The first kappa shape index (κ1) is 12.3. The van der Waals surface area contributed by atoms with Gasteiger partial charge in [0.1, 0.15) is 6.29 Å². The van der Waals surface area contributed by atoms with Gasteiger partial charge in [-0.05, 0) is 20.8 Å². The molecule has 0 rings (SSSR count). The van der Waals surface area contributed by atoms with E-state index >= 15 is 0 Å². The molecule has 0 bridgehead atoms. The second kappa shape index (κ2) is 6.75. The Balaban J connectivity index is 0. The van der Waals surface area contributed by atoms with E-state index in [4.69, 9.17) is 4.74 Å². The summed E-state index contributed by atoms with van der Waals surface area (Å²) < 4.78 is 4.94. The SMILES string of the molecule is CCC=O.COC(C)(C)C. The minimum absolute atomic E-state index is 0.0417. The fourth-order valence-corrected chi connectivity index (χ4v) is 0. The first-order chi connectivity index (χ1) is 4.47. The van der Waals surface area contributed by atoms with Crippen molar-refractivity contribution in [1.82, 2.24) is 0 Å². The molecule has 10 heavy (non-hydrogen) atoms. The number of carbonyl (C=O) groups is 1. The number of rotatable bonds is 1. The van der Waals surface area contributed by atoms with Gasteiger partial charge >= 0.3 is 0 Å². The van der Waals surface area contributed by atoms with Gasteiger partial charge in [0.15, 0.2) is 0 Å². The average molecular weight is 146 g/mol. The quantitative estimate of drug-likeness (QED) is 0.529. The van der Waals surface area contributed by atoms with Crippen molar-refractivity contribution in [2.24, 2.45) is 0 Å². The Kier molecular flexibility index (Phi) is 8.31. The largest absolute Gasteiger partial charge is 0.379 e. The summed E-state index contributed by atoms with van der Waals surface area (Å²) in [5, 5.41) is 0. The van der Waals surface area contributed by atoms with Crippen LogP contribution in [0.2, 0.25) is 0 Å². The molecule has 0 aromatic rings. The van der Waals surface area contributed by atoms with Crippen LogP contribution in [0.5, 0.6) is 0 Å². The highest BCUT2D eigenvalue weighted by Gasteiger charge is 2.03. The van der Waals surface area contributed by atoms with Crippen LogP contribution < -0.4 is 0 Å². The molecule has 0 radical (unpaired) electrons. The maximum absolute atomic E-state index is 9.17. The molecule has 0 aromatic heterocycles. The van der Waals surface area contributed by atoms with Crippen LogP contribution >= 0.6 is 0 Å². The summed E-state index contributed by atoms with van der Waals surface area (Å²) in [4.78, 5) is 9.17. The predicted octanol–water partition coefficient (Wildman–Crippen LogP) is 2.03. The van der Waals surface area contributed by atoms with E-state index in [9.17, 15) is 4.79 Å². The van der Waals surface area contributed by atoms with Crippen LogP contribution in [-0.4, -0.2) is 19.0 Å². The molecule has 0 aliphatic carbocycles. The Morgan fingerprint density at radius 3 is 1.60 bits per heavy atom. The van der Waals surface area contributed by atoms with Crippen molar-refractivity contribution in [3.63, 3.8) is 0 Å². The van der Waals surface area contributed by atoms with E-state index in [1.165, 1.54) is 0 Å². The zero-order chi connectivity index (χ0) is 8.62. The monoisotopic (exact) mass is 146 g/mol. The smallest absolute Gasteiger partial charge is 0.119 e. The topological polar surface area (TPSA) is 26.3 Å². The molecule has 2 heteroatoms. The number of carbonyl (C=O) groups excluding carboxylic acids is 1. The molecule has 2 nitrogen and oxygen atoms in total. The first-order valence-electron chi connectivity index (χ1n) is 3.46. The van der Waals surface area contributed by atoms with Gasteiger partial charge in [-0.3, -0.25) is 0 Å². The summed E-state index contributed by atoms with van der Waals surface area (Å²) in [6.45, 7) is 7.88. The normalized spacial score (nSPS) is 9.70. The van der Waals surface area contributed by atoms with Crippen LogP contribution in [0.15, 0.2) is 0 Å². The van der Waals surface area contributed by atoms with Gasteiger partial charge in [-0.25, -0.2) is 0 Å². The van der Waals surface area contributed by atoms with E-state index in [2.05, 4.69) is 0 Å². The van der Waals surface area contributed by atoms with E-state index in [0.29, 0.717) is 6.42 Å². The molecule has 0 spiro atoms. The number of methoxy groups -OCH3 is 1. The Labute approximate surface area is 63.6 Å². The third kappa shape index (κ3) is 25.5. The minimum atomic E-state index is 0.0417. The van der Waals surface area contributed by atoms with Crippen LogP contribution in [0.4, 0.5) is 0 Å². The molecular formula is C8H18O2. The molecule has 0 N–H and O–H groups in total. The lowest BCUT2D eigenvalue weighted by Crippen LogP contribution is -2.15. The predicted molar refractivity (Wildman–Crippen MR) is 43.1 cm³/mol. The van der Waals surface area contributed by atoms with Crippen molar-refractivity contribution >= 4 is 6.29 Å². The summed E-state index contributed by atoms with van der Waals surface area (Å²) in [6.07, 6.45) is 1.51. The zero-order valence-corrected chi connectivity index (χ0v) is 7.60. The van der Waals surface area contributed by atoms with E-state index in [1.807, 2.05) is 27.7 Å². The van der Waals surface area contributed by atoms with E-state index in [0.717, 1.165) is 6.29 Å². The fourth-order valence-electron chi connectivity index (χ4n) is 0. The van der Waals surface area contributed by atoms with Crippen molar-refractivity contribution in [1.29, 1.82) is 0 Å². The maximum atomic E-state index is 9.17. The second-order valence-corrected chi connectivity index (χ2v) is 2.89. The summed E-state index contributed by atoms with van der Waals surface area (Å²) in [5.41, 5.74) is 0.0417. The van der Waals surface area contributed by atoms with Gasteiger partial charge in [0, 0.05) is 13.5 Å².